The number of aliphatic carboxylic acids is 1. The average Bonchev–Trinajstić information content (AvgIpc) is 2.50. The number of nitrogens with zero attached hydrogens (tertiary/aromatic N) is 1. The number of carboxylic acid groups (broad SMARTS) is 1. The number of methoxy groups -OCH3 is 1. The highest BCUT2D eigenvalue weighted by Gasteiger charge is 2.66. The molecule has 4 fully saturated rings. The number of hydrogen-bond acceptors (Lipinski definition) is 4. The molecule has 1 N–H and O–H groups in total. The van der Waals surface area contributed by atoms with Crippen molar-refractivity contribution in [3.8, 4) is 6.07 Å². The van der Waals surface area contributed by atoms with Gasteiger partial charge >= 0.3 is 11.9 Å². The first-order chi connectivity index (χ1) is 10.8. The van der Waals surface area contributed by atoms with Crippen molar-refractivity contribution in [1.29, 1.82) is 5.26 Å². The number of allylic oxidation sites excluding steroid dienone is 1. The van der Waals surface area contributed by atoms with Crippen molar-refractivity contribution < 1.29 is 19.4 Å². The molecule has 4 rings (SSSR count). The fourth-order valence-corrected chi connectivity index (χ4v) is 5.89. The Labute approximate surface area is 136 Å². The van der Waals surface area contributed by atoms with Crippen LogP contribution in [-0.2, 0) is 14.3 Å². The summed E-state index contributed by atoms with van der Waals surface area (Å²) >= 11 is 0. The number of nitriles is 1. The van der Waals surface area contributed by atoms with Gasteiger partial charge in [-0.05, 0) is 63.2 Å². The highest BCUT2D eigenvalue weighted by Crippen LogP contribution is 2.70. The van der Waals surface area contributed by atoms with Crippen molar-refractivity contribution in [3.05, 3.63) is 11.6 Å². The van der Waals surface area contributed by atoms with E-state index in [1.54, 1.807) is 13.0 Å². The van der Waals surface area contributed by atoms with Crippen LogP contribution in [0.4, 0.5) is 0 Å². The van der Waals surface area contributed by atoms with Crippen LogP contribution in [0.5, 0.6) is 0 Å². The van der Waals surface area contributed by atoms with E-state index in [1.807, 2.05) is 0 Å². The fourth-order valence-electron chi connectivity index (χ4n) is 5.89. The summed E-state index contributed by atoms with van der Waals surface area (Å²) in [7, 11) is 1.42. The van der Waals surface area contributed by atoms with Gasteiger partial charge < -0.3 is 9.84 Å². The zero-order valence-electron chi connectivity index (χ0n) is 13.7. The molecular weight excluding hydrogens is 294 g/mol. The minimum atomic E-state index is -0.910. The molecule has 4 atom stereocenters. The molecule has 0 spiro atoms. The number of rotatable bonds is 4. The summed E-state index contributed by atoms with van der Waals surface area (Å²) < 4.78 is 5.08. The zero-order chi connectivity index (χ0) is 16.9. The maximum Gasteiger partial charge on any atom is 0.330 e. The molecule has 0 aromatic rings. The molecule has 0 amide bonds. The van der Waals surface area contributed by atoms with E-state index in [2.05, 4.69) is 6.07 Å². The SMILES string of the molecule is COC(=O)C12CC3CC(C#N)(CC(CC=C(C)C(=O)O)(C3)C1)C2. The molecule has 0 aromatic carbocycles. The van der Waals surface area contributed by atoms with Crippen LogP contribution < -0.4 is 0 Å². The molecule has 0 aliphatic heterocycles. The van der Waals surface area contributed by atoms with E-state index in [0.717, 1.165) is 32.1 Å². The molecule has 5 heteroatoms. The molecule has 4 unspecified atom stereocenters. The second-order valence-corrected chi connectivity index (χ2v) is 8.07. The maximum atomic E-state index is 12.5. The Hall–Kier alpha value is -1.83. The number of hydrogen-bond donors (Lipinski definition) is 1. The van der Waals surface area contributed by atoms with Gasteiger partial charge in [-0.25, -0.2) is 4.79 Å². The fraction of sp³-hybridized carbons (Fsp3) is 0.722. The summed E-state index contributed by atoms with van der Waals surface area (Å²) in [5, 5.41) is 18.8. The van der Waals surface area contributed by atoms with Crippen molar-refractivity contribution in [2.24, 2.45) is 22.2 Å². The van der Waals surface area contributed by atoms with Crippen LogP contribution >= 0.6 is 0 Å². The maximum absolute atomic E-state index is 12.5. The van der Waals surface area contributed by atoms with Crippen molar-refractivity contribution >= 4 is 11.9 Å². The summed E-state index contributed by atoms with van der Waals surface area (Å²) in [5.74, 6) is -0.736. The van der Waals surface area contributed by atoms with Gasteiger partial charge in [0.1, 0.15) is 0 Å². The normalized spacial score (nSPS) is 41.4. The van der Waals surface area contributed by atoms with Gasteiger partial charge in [0, 0.05) is 5.57 Å². The Balaban J connectivity index is 1.96. The molecular formula is C18H23NO4. The molecule has 23 heavy (non-hydrogen) atoms. The Morgan fingerprint density at radius 1 is 1.30 bits per heavy atom. The molecule has 4 saturated carbocycles. The van der Waals surface area contributed by atoms with Crippen molar-refractivity contribution in [3.63, 3.8) is 0 Å². The summed E-state index contributed by atoms with van der Waals surface area (Å²) in [6.45, 7) is 1.60. The van der Waals surface area contributed by atoms with Crippen molar-refractivity contribution in [1.82, 2.24) is 0 Å². The van der Waals surface area contributed by atoms with Gasteiger partial charge in [-0.2, -0.15) is 5.26 Å². The van der Waals surface area contributed by atoms with Crippen molar-refractivity contribution in [2.45, 2.75) is 51.9 Å². The van der Waals surface area contributed by atoms with Gasteiger partial charge in [0.05, 0.1) is 24.0 Å². The quantitative estimate of drug-likeness (QED) is 0.636. The van der Waals surface area contributed by atoms with Gasteiger partial charge in [-0.1, -0.05) is 6.08 Å². The van der Waals surface area contributed by atoms with E-state index in [0.29, 0.717) is 24.3 Å². The molecule has 0 heterocycles. The van der Waals surface area contributed by atoms with Crippen LogP contribution in [0.25, 0.3) is 0 Å². The predicted octanol–water partition coefficient (Wildman–Crippen LogP) is 3.06. The number of ether oxygens (including phenoxy) is 1. The molecule has 0 radical (unpaired) electrons. The first kappa shape index (κ1) is 16.0. The number of carbonyl (C=O) groups excluding carboxylic acids is 1. The van der Waals surface area contributed by atoms with Crippen LogP contribution in [0.2, 0.25) is 0 Å². The molecule has 0 saturated heterocycles. The third-order valence-corrected chi connectivity index (χ3v) is 6.22. The van der Waals surface area contributed by atoms with E-state index in [9.17, 15) is 14.9 Å². The highest BCUT2D eigenvalue weighted by molar-refractivity contribution is 5.85. The molecule has 0 aromatic heterocycles. The number of carboxylic acids is 1. The minimum absolute atomic E-state index is 0.139. The summed E-state index contributed by atoms with van der Waals surface area (Å²) in [6, 6.07) is 2.50. The van der Waals surface area contributed by atoms with Crippen LogP contribution in [0.3, 0.4) is 0 Å². The standard InChI is InChI=1S/C18H23NO4/c1-12(14(20)21)3-4-16-5-13-6-17(8-16,11-19)10-18(7-13,9-16)15(22)23-2/h3,13H,4-10H2,1-2H3,(H,20,21). The predicted molar refractivity (Wildman–Crippen MR) is 82.1 cm³/mol. The Bertz CT molecular complexity index is 633. The van der Waals surface area contributed by atoms with Gasteiger partial charge in [0.2, 0.25) is 0 Å². The summed E-state index contributed by atoms with van der Waals surface area (Å²) in [5.41, 5.74) is -0.799. The first-order valence-electron chi connectivity index (χ1n) is 8.18. The average molecular weight is 317 g/mol. The zero-order valence-corrected chi connectivity index (χ0v) is 13.7. The highest BCUT2D eigenvalue weighted by atomic mass is 16.5. The second kappa shape index (κ2) is 5.09. The number of esters is 1. The van der Waals surface area contributed by atoms with E-state index in [1.165, 1.54) is 7.11 Å². The lowest BCUT2D eigenvalue weighted by atomic mass is 9.39. The first-order valence-corrected chi connectivity index (χ1v) is 8.18. The largest absolute Gasteiger partial charge is 0.478 e. The Morgan fingerprint density at radius 3 is 2.65 bits per heavy atom. The van der Waals surface area contributed by atoms with E-state index in [-0.39, 0.29) is 11.4 Å². The van der Waals surface area contributed by atoms with E-state index < -0.39 is 16.8 Å². The van der Waals surface area contributed by atoms with E-state index >= 15 is 0 Å². The lowest BCUT2D eigenvalue weighted by molar-refractivity contribution is -0.185. The van der Waals surface area contributed by atoms with Crippen LogP contribution in [0.1, 0.15) is 51.9 Å². The second-order valence-electron chi connectivity index (χ2n) is 8.07. The Kier molecular flexibility index (Phi) is 3.55. The summed E-state index contributed by atoms with van der Waals surface area (Å²) in [4.78, 5) is 23.5. The van der Waals surface area contributed by atoms with Crippen LogP contribution in [0.15, 0.2) is 11.6 Å². The van der Waals surface area contributed by atoms with E-state index in [4.69, 9.17) is 9.84 Å². The molecule has 5 nitrogen and oxygen atoms in total. The Morgan fingerprint density at radius 2 is 2.04 bits per heavy atom. The third-order valence-electron chi connectivity index (χ3n) is 6.22. The molecule has 4 aliphatic rings. The molecule has 4 aliphatic carbocycles. The molecule has 124 valence electrons. The van der Waals surface area contributed by atoms with Crippen molar-refractivity contribution in [2.75, 3.05) is 7.11 Å². The van der Waals surface area contributed by atoms with Gasteiger partial charge in [-0.15, -0.1) is 0 Å². The molecule has 4 bridgehead atoms. The van der Waals surface area contributed by atoms with Gasteiger partial charge in [0.25, 0.3) is 0 Å². The topological polar surface area (TPSA) is 87.4 Å². The minimum Gasteiger partial charge on any atom is -0.478 e. The van der Waals surface area contributed by atoms with Crippen LogP contribution in [-0.4, -0.2) is 24.2 Å². The summed E-state index contributed by atoms with van der Waals surface area (Å²) in [6.07, 6.45) is 7.15. The lowest BCUT2D eigenvalue weighted by Crippen LogP contribution is -2.59. The number of carbonyl (C=O) groups is 2. The van der Waals surface area contributed by atoms with Gasteiger partial charge in [0.15, 0.2) is 0 Å². The van der Waals surface area contributed by atoms with Crippen LogP contribution in [0, 0.1) is 33.5 Å². The third kappa shape index (κ3) is 2.45. The van der Waals surface area contributed by atoms with Gasteiger partial charge in [-0.3, -0.25) is 4.79 Å². The monoisotopic (exact) mass is 317 g/mol. The lowest BCUT2D eigenvalue weighted by Gasteiger charge is -2.63. The smallest absolute Gasteiger partial charge is 0.330 e.